The molecule has 8 nitrogen and oxygen atoms in total. The van der Waals surface area contributed by atoms with Crippen molar-refractivity contribution in [3.63, 3.8) is 0 Å². The summed E-state index contributed by atoms with van der Waals surface area (Å²) >= 11 is 0. The number of alkyl halides is 3. The van der Waals surface area contributed by atoms with Gasteiger partial charge in [-0.3, -0.25) is 13.8 Å². The van der Waals surface area contributed by atoms with E-state index in [2.05, 4.69) is 4.18 Å². The summed E-state index contributed by atoms with van der Waals surface area (Å²) in [7, 11) is -5.92. The molecule has 2 unspecified atom stereocenters. The normalized spacial score (nSPS) is 30.6. The molecule has 0 aromatic carbocycles. The maximum Gasteiger partial charge on any atom is 0.523 e. The molecule has 1 aliphatic heterocycles. The highest BCUT2D eigenvalue weighted by Gasteiger charge is 2.53. The average Bonchev–Trinajstić information content (AvgIpc) is 2.43. The quantitative estimate of drug-likeness (QED) is 0.392. The van der Waals surface area contributed by atoms with Gasteiger partial charge < -0.3 is 14.2 Å². The van der Waals surface area contributed by atoms with Crippen LogP contribution in [0.1, 0.15) is 27.7 Å². The Balaban J connectivity index is 3.05. The molecule has 146 valence electrons. The van der Waals surface area contributed by atoms with Crippen LogP contribution in [0, 0.1) is 11.8 Å². The van der Waals surface area contributed by atoms with E-state index >= 15 is 0 Å². The van der Waals surface area contributed by atoms with Crippen LogP contribution >= 0.6 is 0 Å². The third-order valence-electron chi connectivity index (χ3n) is 3.77. The molecule has 0 aromatic rings. The topological polar surface area (TPSA) is 105 Å². The number of carbonyl (C=O) groups excluding carboxylic acids is 2. The number of rotatable bonds is 5. The van der Waals surface area contributed by atoms with Gasteiger partial charge in [0.1, 0.15) is 12.7 Å². The van der Waals surface area contributed by atoms with Gasteiger partial charge in [-0.1, -0.05) is 13.8 Å². The fourth-order valence-electron chi connectivity index (χ4n) is 2.24. The summed E-state index contributed by atoms with van der Waals surface area (Å²) in [6.45, 7) is 4.86. The van der Waals surface area contributed by atoms with E-state index in [1.165, 1.54) is 6.92 Å². The van der Waals surface area contributed by atoms with Gasteiger partial charge in [0.05, 0.1) is 6.10 Å². The zero-order valence-electron chi connectivity index (χ0n) is 13.9. The van der Waals surface area contributed by atoms with Crippen LogP contribution < -0.4 is 0 Å². The van der Waals surface area contributed by atoms with Crippen molar-refractivity contribution in [2.24, 2.45) is 11.8 Å². The number of hydrogen-bond acceptors (Lipinski definition) is 8. The highest BCUT2D eigenvalue weighted by molar-refractivity contribution is 7.87. The lowest BCUT2D eigenvalue weighted by Crippen LogP contribution is -2.54. The van der Waals surface area contributed by atoms with Gasteiger partial charge in [-0.25, -0.2) is 0 Å². The van der Waals surface area contributed by atoms with E-state index in [1.54, 1.807) is 6.92 Å². The van der Waals surface area contributed by atoms with Crippen LogP contribution in [0.15, 0.2) is 0 Å². The van der Waals surface area contributed by atoms with Gasteiger partial charge in [0.25, 0.3) is 0 Å². The fourth-order valence-corrected chi connectivity index (χ4v) is 2.91. The minimum atomic E-state index is -5.92. The van der Waals surface area contributed by atoms with Gasteiger partial charge in [0.2, 0.25) is 6.29 Å². The summed E-state index contributed by atoms with van der Waals surface area (Å²) in [4.78, 5) is 22.1. The molecule has 1 aliphatic rings. The molecular weight excluding hydrogens is 373 g/mol. The SMILES string of the molecule is CC(=O)OCC1O[C@@H](OC(C)=O)C(OS(=O)(=O)C(F)(F)F)[C@@H](C)[C@@H]1C. The van der Waals surface area contributed by atoms with Gasteiger partial charge >= 0.3 is 27.6 Å². The molecule has 1 saturated heterocycles. The van der Waals surface area contributed by atoms with E-state index in [0.29, 0.717) is 0 Å². The number of carbonyl (C=O) groups is 2. The van der Waals surface area contributed by atoms with Crippen molar-refractivity contribution in [2.45, 2.75) is 51.7 Å². The Morgan fingerprint density at radius 1 is 1.08 bits per heavy atom. The molecule has 0 amide bonds. The minimum absolute atomic E-state index is 0.239. The van der Waals surface area contributed by atoms with Crippen LogP contribution in [-0.4, -0.2) is 51.0 Å². The molecule has 1 fully saturated rings. The Bertz CT molecular complexity index is 603. The van der Waals surface area contributed by atoms with Crippen molar-refractivity contribution < 1.29 is 49.6 Å². The number of esters is 2. The molecule has 0 spiro atoms. The van der Waals surface area contributed by atoms with Crippen LogP contribution in [0.5, 0.6) is 0 Å². The largest absolute Gasteiger partial charge is 0.523 e. The molecule has 0 aromatic heterocycles. The third kappa shape index (κ3) is 5.54. The van der Waals surface area contributed by atoms with Crippen molar-refractivity contribution in [1.82, 2.24) is 0 Å². The molecule has 12 heteroatoms. The van der Waals surface area contributed by atoms with Crippen molar-refractivity contribution in [3.8, 4) is 0 Å². The molecule has 5 atom stereocenters. The van der Waals surface area contributed by atoms with Crippen molar-refractivity contribution in [1.29, 1.82) is 0 Å². The van der Waals surface area contributed by atoms with E-state index < -0.39 is 57.9 Å². The first kappa shape index (κ1) is 21.6. The van der Waals surface area contributed by atoms with Gasteiger partial charge in [0.15, 0.2) is 0 Å². The first-order valence-corrected chi connectivity index (χ1v) is 8.62. The monoisotopic (exact) mass is 392 g/mol. The van der Waals surface area contributed by atoms with Crippen molar-refractivity contribution in [2.75, 3.05) is 6.61 Å². The first-order valence-electron chi connectivity index (χ1n) is 7.22. The summed E-state index contributed by atoms with van der Waals surface area (Å²) in [5, 5.41) is 0. The van der Waals surface area contributed by atoms with Gasteiger partial charge in [-0.15, -0.1) is 0 Å². The van der Waals surface area contributed by atoms with E-state index in [4.69, 9.17) is 14.2 Å². The lowest BCUT2D eigenvalue weighted by atomic mass is 9.84. The Morgan fingerprint density at radius 2 is 1.64 bits per heavy atom. The fraction of sp³-hybridized carbons (Fsp3) is 0.846. The van der Waals surface area contributed by atoms with Gasteiger partial charge in [0, 0.05) is 13.8 Å². The van der Waals surface area contributed by atoms with Crippen LogP contribution in [0.4, 0.5) is 13.2 Å². The zero-order valence-corrected chi connectivity index (χ0v) is 14.7. The van der Waals surface area contributed by atoms with Crippen LogP contribution in [0.25, 0.3) is 0 Å². The molecule has 0 radical (unpaired) electrons. The van der Waals surface area contributed by atoms with E-state index in [1.807, 2.05) is 0 Å². The van der Waals surface area contributed by atoms with Crippen LogP contribution in [0.3, 0.4) is 0 Å². The molecule has 0 aliphatic carbocycles. The maximum atomic E-state index is 12.6. The first-order chi connectivity index (χ1) is 11.3. The molecule has 1 rings (SSSR count). The Labute approximate surface area is 142 Å². The molecule has 0 saturated carbocycles. The predicted molar refractivity (Wildman–Crippen MR) is 75.2 cm³/mol. The summed E-state index contributed by atoms with van der Waals surface area (Å²) in [5.41, 5.74) is -5.63. The van der Waals surface area contributed by atoms with Crippen LogP contribution in [0.2, 0.25) is 0 Å². The van der Waals surface area contributed by atoms with Gasteiger partial charge in [-0.2, -0.15) is 21.6 Å². The summed E-state index contributed by atoms with van der Waals surface area (Å²) in [5.74, 6) is -2.89. The van der Waals surface area contributed by atoms with E-state index in [0.717, 1.165) is 13.8 Å². The minimum Gasteiger partial charge on any atom is -0.463 e. The van der Waals surface area contributed by atoms with Gasteiger partial charge in [-0.05, 0) is 11.8 Å². The molecular formula is C13H19F3O8S. The molecule has 0 N–H and O–H groups in total. The highest BCUT2D eigenvalue weighted by Crippen LogP contribution is 2.37. The predicted octanol–water partition coefficient (Wildman–Crippen LogP) is 1.34. The second kappa shape index (κ2) is 7.87. The Kier molecular flexibility index (Phi) is 6.81. The van der Waals surface area contributed by atoms with Crippen LogP contribution in [-0.2, 0) is 38.1 Å². The van der Waals surface area contributed by atoms with Crippen molar-refractivity contribution >= 4 is 22.1 Å². The van der Waals surface area contributed by atoms with Crippen molar-refractivity contribution in [3.05, 3.63) is 0 Å². The van der Waals surface area contributed by atoms with E-state index in [-0.39, 0.29) is 6.61 Å². The summed E-state index contributed by atoms with van der Waals surface area (Å²) in [6, 6.07) is 0. The highest BCUT2D eigenvalue weighted by atomic mass is 32.2. The third-order valence-corrected chi connectivity index (χ3v) is 4.81. The molecule has 1 heterocycles. The number of halogens is 3. The Morgan fingerprint density at radius 3 is 2.08 bits per heavy atom. The molecule has 0 bridgehead atoms. The lowest BCUT2D eigenvalue weighted by Gasteiger charge is -2.42. The standard InChI is InChI=1S/C13H19F3O8S/c1-6-7(2)11(24-25(19,20)13(14,15)16)12(22-9(4)18)23-10(6)5-21-8(3)17/h6-7,10-12H,5H2,1-4H3/t6-,7-,10?,11?,12+/m0/s1. The average molecular weight is 392 g/mol. The maximum absolute atomic E-state index is 12.6. The summed E-state index contributed by atoms with van der Waals surface area (Å²) < 4.78 is 79.4. The second-order valence-electron chi connectivity index (χ2n) is 5.63. The molecule has 25 heavy (non-hydrogen) atoms. The number of hydrogen-bond donors (Lipinski definition) is 0. The second-order valence-corrected chi connectivity index (χ2v) is 7.20. The smallest absolute Gasteiger partial charge is 0.463 e. The Hall–Kier alpha value is -1.40. The number of ether oxygens (including phenoxy) is 3. The summed E-state index contributed by atoms with van der Waals surface area (Å²) in [6.07, 6.45) is -4.24. The zero-order chi connectivity index (χ0) is 19.6. The van der Waals surface area contributed by atoms with E-state index in [9.17, 15) is 31.2 Å². The lowest BCUT2D eigenvalue weighted by molar-refractivity contribution is -0.262.